The van der Waals surface area contributed by atoms with Gasteiger partial charge in [0.1, 0.15) is 0 Å². The summed E-state index contributed by atoms with van der Waals surface area (Å²) >= 11 is 0. The summed E-state index contributed by atoms with van der Waals surface area (Å²) in [4.78, 5) is 11.9. The molecule has 0 spiro atoms. The molecule has 0 aromatic heterocycles. The van der Waals surface area contributed by atoms with Crippen LogP contribution in [0.2, 0.25) is 0 Å². The third kappa shape index (κ3) is 2.10. The van der Waals surface area contributed by atoms with Crippen molar-refractivity contribution in [3.8, 4) is 11.5 Å². The topological polar surface area (TPSA) is 72.3 Å². The molecule has 2 heterocycles. The van der Waals surface area contributed by atoms with Crippen LogP contribution in [0.4, 0.5) is 5.69 Å². The fourth-order valence-electron chi connectivity index (χ4n) is 2.35. The molecule has 0 atom stereocenters. The highest BCUT2D eigenvalue weighted by Crippen LogP contribution is 2.32. The van der Waals surface area contributed by atoms with Crippen LogP contribution in [0, 0.1) is 0 Å². The van der Waals surface area contributed by atoms with E-state index in [0.717, 1.165) is 16.8 Å². The molecule has 0 aliphatic carbocycles. The molecule has 6 nitrogen and oxygen atoms in total. The van der Waals surface area contributed by atoms with E-state index in [-0.39, 0.29) is 12.7 Å². The molecule has 0 saturated heterocycles. The van der Waals surface area contributed by atoms with Crippen LogP contribution >= 0.6 is 0 Å². The van der Waals surface area contributed by atoms with Crippen LogP contribution in [-0.4, -0.2) is 24.6 Å². The van der Waals surface area contributed by atoms with Crippen molar-refractivity contribution in [2.75, 3.05) is 12.1 Å². The van der Waals surface area contributed by atoms with Crippen LogP contribution in [0.1, 0.15) is 11.1 Å². The van der Waals surface area contributed by atoms with Crippen LogP contribution in [0.3, 0.4) is 0 Å². The zero-order chi connectivity index (χ0) is 14.9. The van der Waals surface area contributed by atoms with Crippen molar-refractivity contribution in [1.82, 2.24) is 0 Å². The Kier molecular flexibility index (Phi) is 2.86. The summed E-state index contributed by atoms with van der Waals surface area (Å²) in [7, 11) is 0. The summed E-state index contributed by atoms with van der Waals surface area (Å²) in [5.74, 6) is 1.15. The third-order valence-corrected chi connectivity index (χ3v) is 3.41. The van der Waals surface area contributed by atoms with E-state index in [1.165, 1.54) is 0 Å². The van der Waals surface area contributed by atoms with E-state index in [0.29, 0.717) is 17.2 Å². The highest BCUT2D eigenvalue weighted by Gasteiger charge is 2.25. The van der Waals surface area contributed by atoms with Crippen LogP contribution in [0.25, 0.3) is 0 Å². The van der Waals surface area contributed by atoms with Crippen molar-refractivity contribution in [2.45, 2.75) is 0 Å². The Hall–Kier alpha value is -3.15. The van der Waals surface area contributed by atoms with Crippen molar-refractivity contribution in [2.24, 2.45) is 10.2 Å². The summed E-state index contributed by atoms with van der Waals surface area (Å²) in [6, 6.07) is 12.9. The summed E-state index contributed by atoms with van der Waals surface area (Å²) in [5.41, 5.74) is 2.65. The normalized spacial score (nSPS) is 17.1. The molecule has 1 amide bonds. The number of anilines is 1. The maximum Gasteiger partial charge on any atom is 0.276 e. The van der Waals surface area contributed by atoms with Gasteiger partial charge in [0, 0.05) is 5.56 Å². The summed E-state index contributed by atoms with van der Waals surface area (Å²) < 4.78 is 10.5. The monoisotopic (exact) mass is 293 g/mol. The number of ether oxygens (including phenoxy) is 2. The number of nitrogens with one attached hydrogen (secondary N) is 1. The number of benzene rings is 2. The van der Waals surface area contributed by atoms with Crippen LogP contribution in [0.5, 0.6) is 11.5 Å². The van der Waals surface area contributed by atoms with E-state index in [9.17, 15) is 4.79 Å². The number of para-hydroxylation sites is 1. The Bertz CT molecular complexity index is 827. The number of hydrogen-bond donors (Lipinski definition) is 1. The fourth-order valence-corrected chi connectivity index (χ4v) is 2.35. The first kappa shape index (κ1) is 12.6. The smallest absolute Gasteiger partial charge is 0.276 e. The van der Waals surface area contributed by atoms with E-state index in [4.69, 9.17) is 9.47 Å². The zero-order valence-corrected chi connectivity index (χ0v) is 11.4. The van der Waals surface area contributed by atoms with Crippen molar-refractivity contribution in [1.29, 1.82) is 0 Å². The molecule has 2 aliphatic rings. The second-order valence-corrected chi connectivity index (χ2v) is 4.81. The Morgan fingerprint density at radius 3 is 2.91 bits per heavy atom. The molecule has 0 unspecified atom stereocenters. The van der Waals surface area contributed by atoms with Gasteiger partial charge in [-0.05, 0) is 29.8 Å². The number of nitrogens with zero attached hydrogens (tertiary/aromatic N) is 2. The van der Waals surface area contributed by atoms with E-state index in [1.54, 1.807) is 6.21 Å². The van der Waals surface area contributed by atoms with Gasteiger partial charge in [0.15, 0.2) is 17.2 Å². The standard InChI is InChI=1S/C16H11N3O3/c20-16-15(11-3-1-2-4-12(11)18-16)19-17-8-10-5-6-13-14(7-10)22-9-21-13/h1-8H,9H2,(H,18,19,20)/b17-8-. The van der Waals surface area contributed by atoms with Gasteiger partial charge in [-0.3, -0.25) is 4.79 Å². The first-order valence-corrected chi connectivity index (χ1v) is 6.73. The first-order chi connectivity index (χ1) is 10.8. The molecule has 108 valence electrons. The molecule has 2 aliphatic heterocycles. The number of carbonyl (C=O) groups excluding carboxylic acids is 1. The molecule has 6 heteroatoms. The van der Waals surface area contributed by atoms with Gasteiger partial charge in [-0.2, -0.15) is 5.10 Å². The molecule has 4 rings (SSSR count). The van der Waals surface area contributed by atoms with Gasteiger partial charge in [0.2, 0.25) is 6.79 Å². The zero-order valence-electron chi connectivity index (χ0n) is 11.4. The summed E-state index contributed by atoms with van der Waals surface area (Å²) in [6.07, 6.45) is 1.57. The largest absolute Gasteiger partial charge is 0.454 e. The van der Waals surface area contributed by atoms with Gasteiger partial charge in [0.05, 0.1) is 11.9 Å². The molecule has 2 aromatic carbocycles. The van der Waals surface area contributed by atoms with Crippen molar-refractivity contribution in [3.63, 3.8) is 0 Å². The van der Waals surface area contributed by atoms with E-state index in [2.05, 4.69) is 15.5 Å². The SMILES string of the molecule is O=C1Nc2ccccc2/C1=N\N=C/c1ccc2c(c1)OCO2. The number of fused-ring (bicyclic) bond motifs is 2. The molecule has 22 heavy (non-hydrogen) atoms. The van der Waals surface area contributed by atoms with Gasteiger partial charge in [-0.25, -0.2) is 0 Å². The lowest BCUT2D eigenvalue weighted by Gasteiger charge is -1.96. The maximum atomic E-state index is 11.9. The summed E-state index contributed by atoms with van der Waals surface area (Å²) in [6.45, 7) is 0.231. The van der Waals surface area contributed by atoms with E-state index >= 15 is 0 Å². The second-order valence-electron chi connectivity index (χ2n) is 4.81. The Labute approximate surface area is 126 Å². The lowest BCUT2D eigenvalue weighted by Crippen LogP contribution is -2.13. The van der Waals surface area contributed by atoms with E-state index < -0.39 is 0 Å². The minimum Gasteiger partial charge on any atom is -0.454 e. The minimum atomic E-state index is -0.246. The van der Waals surface area contributed by atoms with Gasteiger partial charge >= 0.3 is 0 Å². The van der Waals surface area contributed by atoms with Gasteiger partial charge in [0.25, 0.3) is 5.91 Å². The van der Waals surface area contributed by atoms with Gasteiger partial charge < -0.3 is 14.8 Å². The average Bonchev–Trinajstić information content (AvgIpc) is 3.11. The molecular weight excluding hydrogens is 282 g/mol. The van der Waals surface area contributed by atoms with E-state index in [1.807, 2.05) is 42.5 Å². The fraction of sp³-hybridized carbons (Fsp3) is 0.0625. The number of carbonyl (C=O) groups is 1. The Balaban J connectivity index is 1.60. The maximum absolute atomic E-state index is 11.9. The molecule has 2 aromatic rings. The molecular formula is C16H11N3O3. The minimum absolute atomic E-state index is 0.231. The molecule has 0 radical (unpaired) electrons. The van der Waals surface area contributed by atoms with Gasteiger partial charge in [-0.1, -0.05) is 18.2 Å². The molecule has 0 bridgehead atoms. The second kappa shape index (κ2) is 5.00. The highest BCUT2D eigenvalue weighted by molar-refractivity contribution is 6.53. The summed E-state index contributed by atoms with van der Waals surface area (Å²) in [5, 5.41) is 10.8. The van der Waals surface area contributed by atoms with Crippen molar-refractivity contribution in [3.05, 3.63) is 53.6 Å². The average molecular weight is 293 g/mol. The van der Waals surface area contributed by atoms with Crippen LogP contribution < -0.4 is 14.8 Å². The van der Waals surface area contributed by atoms with Crippen LogP contribution in [-0.2, 0) is 4.79 Å². The lowest BCUT2D eigenvalue weighted by molar-refractivity contribution is -0.110. The number of hydrogen-bond acceptors (Lipinski definition) is 5. The molecule has 1 N–H and O–H groups in total. The van der Waals surface area contributed by atoms with Gasteiger partial charge in [-0.15, -0.1) is 5.10 Å². The third-order valence-electron chi connectivity index (χ3n) is 3.41. The predicted octanol–water partition coefficient (Wildman–Crippen LogP) is 2.19. The lowest BCUT2D eigenvalue weighted by atomic mass is 10.1. The Morgan fingerprint density at radius 1 is 1.09 bits per heavy atom. The molecule has 0 saturated carbocycles. The quantitative estimate of drug-likeness (QED) is 0.681. The highest BCUT2D eigenvalue weighted by atomic mass is 16.7. The Morgan fingerprint density at radius 2 is 1.95 bits per heavy atom. The first-order valence-electron chi connectivity index (χ1n) is 6.73. The number of amides is 1. The molecule has 0 fully saturated rings. The van der Waals surface area contributed by atoms with Crippen molar-refractivity contribution >= 4 is 23.5 Å². The van der Waals surface area contributed by atoms with Crippen molar-refractivity contribution < 1.29 is 14.3 Å². The number of rotatable bonds is 2. The van der Waals surface area contributed by atoms with Crippen LogP contribution in [0.15, 0.2) is 52.7 Å². The predicted molar refractivity (Wildman–Crippen MR) is 81.8 cm³/mol.